The molecule has 0 unspecified atom stereocenters. The lowest BCUT2D eigenvalue weighted by atomic mass is 9.32. The average Bonchev–Trinajstić information content (AvgIpc) is 3.29. The molecule has 0 bridgehead atoms. The normalized spacial score (nSPS) is 13.5. The molecule has 2 nitrogen and oxygen atoms in total. The van der Waals surface area contributed by atoms with Gasteiger partial charge in [0.25, 0.3) is 0 Å². The molecule has 0 N–H and O–H groups in total. The molecule has 0 saturated carbocycles. The van der Waals surface area contributed by atoms with Gasteiger partial charge in [-0.2, -0.15) is 0 Å². The van der Waals surface area contributed by atoms with Crippen LogP contribution in [0, 0.1) is 13.8 Å². The second kappa shape index (κ2) is 10.0. The van der Waals surface area contributed by atoms with Crippen LogP contribution in [0.5, 0.6) is 0 Å². The lowest BCUT2D eigenvalue weighted by Crippen LogP contribution is -2.60. The first-order valence-electron chi connectivity index (χ1n) is 16.8. The van der Waals surface area contributed by atoms with Crippen LogP contribution in [0.3, 0.4) is 0 Å². The lowest BCUT2D eigenvalue weighted by molar-refractivity contribution is 0.590. The Kier molecular flexibility index (Phi) is 6.29. The van der Waals surface area contributed by atoms with E-state index in [0.717, 1.165) is 6.42 Å². The Hall–Kier alpha value is -4.50. The molecule has 6 aromatic rings. The molecule has 0 spiro atoms. The van der Waals surface area contributed by atoms with Crippen molar-refractivity contribution >= 4 is 51.1 Å². The van der Waals surface area contributed by atoms with E-state index in [4.69, 9.17) is 0 Å². The van der Waals surface area contributed by atoms with E-state index in [0.29, 0.717) is 0 Å². The topological polar surface area (TPSA) is 8.17 Å². The van der Waals surface area contributed by atoms with Crippen molar-refractivity contribution in [2.45, 2.75) is 72.6 Å². The summed E-state index contributed by atoms with van der Waals surface area (Å²) in [5, 5.41) is 1.36. The molecule has 2 aliphatic rings. The number of hydrogen-bond donors (Lipinski definition) is 0. The Morgan fingerprint density at radius 1 is 0.609 bits per heavy atom. The van der Waals surface area contributed by atoms with Crippen molar-refractivity contribution in [3.8, 4) is 5.69 Å². The third kappa shape index (κ3) is 4.32. The monoisotopic (exact) mass is 598 g/mol. The zero-order valence-electron chi connectivity index (χ0n) is 28.5. The highest BCUT2D eigenvalue weighted by atomic mass is 15.1. The summed E-state index contributed by atoms with van der Waals surface area (Å²) in [6.45, 7) is 18.5. The molecule has 3 heterocycles. The molecule has 228 valence electrons. The van der Waals surface area contributed by atoms with Gasteiger partial charge in [0, 0.05) is 39.3 Å². The van der Waals surface area contributed by atoms with E-state index in [1.807, 2.05) is 0 Å². The fourth-order valence-electron chi connectivity index (χ4n) is 7.98. The number of anilines is 3. The largest absolute Gasteiger partial charge is 0.315 e. The van der Waals surface area contributed by atoms with Crippen molar-refractivity contribution in [3.05, 3.63) is 137 Å². The van der Waals surface area contributed by atoms with Crippen LogP contribution in [-0.4, -0.2) is 11.3 Å². The Bertz CT molecular complexity index is 2090. The molecular formula is C43H43BN2. The van der Waals surface area contributed by atoms with E-state index < -0.39 is 0 Å². The van der Waals surface area contributed by atoms with Crippen LogP contribution in [0.4, 0.5) is 17.1 Å². The Balaban J connectivity index is 1.41. The van der Waals surface area contributed by atoms with Crippen molar-refractivity contribution in [3.63, 3.8) is 0 Å². The van der Waals surface area contributed by atoms with Crippen molar-refractivity contribution in [2.24, 2.45) is 0 Å². The molecule has 0 fully saturated rings. The van der Waals surface area contributed by atoms with Gasteiger partial charge in [-0.05, 0) is 106 Å². The lowest BCUT2D eigenvalue weighted by Gasteiger charge is -2.36. The molecule has 8 rings (SSSR count). The van der Waals surface area contributed by atoms with Crippen LogP contribution < -0.4 is 21.3 Å². The number of aryl methyl sites for hydroxylation is 1. The minimum atomic E-state index is 0.0959. The predicted octanol–water partition coefficient (Wildman–Crippen LogP) is 9.05. The SMILES string of the molecule is Cc1c(C)n2c3c(cccc13)B1c3ccccc3Cc3cc(N(c4ccc(C(C)(C)C)cc4)c4ccc(C(C)(C)C)cc4)cc-2c31. The third-order valence-electron chi connectivity index (χ3n) is 10.6. The van der Waals surface area contributed by atoms with Crippen LogP contribution >= 0.6 is 0 Å². The summed E-state index contributed by atoms with van der Waals surface area (Å²) < 4.78 is 2.57. The minimum absolute atomic E-state index is 0.0959. The van der Waals surface area contributed by atoms with Gasteiger partial charge in [-0.3, -0.25) is 0 Å². The fourth-order valence-corrected chi connectivity index (χ4v) is 7.98. The van der Waals surface area contributed by atoms with Gasteiger partial charge in [0.05, 0.1) is 0 Å². The number of benzene rings is 5. The maximum Gasteiger partial charge on any atom is 0.247 e. The predicted molar refractivity (Wildman–Crippen MR) is 199 cm³/mol. The van der Waals surface area contributed by atoms with Crippen LogP contribution in [0.2, 0.25) is 0 Å². The smallest absolute Gasteiger partial charge is 0.247 e. The molecule has 0 amide bonds. The standard InChI is InChI=1S/C43H43BN2/c1-27-28(2)45-39-26-35(25-30-24-29-12-9-10-14-37(29)44(40(30)39)38-15-11-13-36(27)41(38)45)46(33-20-16-31(17-21-33)42(3,4)5)34-22-18-32(19-23-34)43(6,7)8/h9-23,25-26H,24H2,1-8H3. The number of hydrogen-bond acceptors (Lipinski definition) is 1. The maximum atomic E-state index is 2.57. The van der Waals surface area contributed by atoms with Gasteiger partial charge in [0.15, 0.2) is 0 Å². The summed E-state index contributed by atoms with van der Waals surface area (Å²) in [6.07, 6.45) is 0.938. The maximum absolute atomic E-state index is 2.57. The second-order valence-corrected chi connectivity index (χ2v) is 15.6. The van der Waals surface area contributed by atoms with Gasteiger partial charge in [-0.15, -0.1) is 0 Å². The number of nitrogens with zero attached hydrogens (tertiary/aromatic N) is 2. The fraction of sp³-hybridized carbons (Fsp3) is 0.256. The van der Waals surface area contributed by atoms with Gasteiger partial charge in [-0.25, -0.2) is 0 Å². The molecule has 1 aromatic heterocycles. The van der Waals surface area contributed by atoms with Gasteiger partial charge < -0.3 is 9.47 Å². The molecule has 46 heavy (non-hydrogen) atoms. The molecular weight excluding hydrogens is 555 g/mol. The molecule has 0 radical (unpaired) electrons. The Labute approximate surface area is 274 Å². The van der Waals surface area contributed by atoms with E-state index in [1.165, 1.54) is 83.6 Å². The first-order valence-corrected chi connectivity index (χ1v) is 16.8. The number of para-hydroxylation sites is 1. The van der Waals surface area contributed by atoms with Crippen molar-refractivity contribution in [1.82, 2.24) is 4.57 Å². The van der Waals surface area contributed by atoms with Crippen LogP contribution in [0.25, 0.3) is 16.6 Å². The first kappa shape index (κ1) is 28.9. The zero-order valence-corrected chi connectivity index (χ0v) is 28.5. The second-order valence-electron chi connectivity index (χ2n) is 15.6. The van der Waals surface area contributed by atoms with Crippen LogP contribution in [-0.2, 0) is 17.3 Å². The van der Waals surface area contributed by atoms with Crippen LogP contribution in [0.1, 0.15) is 75.1 Å². The van der Waals surface area contributed by atoms with Crippen molar-refractivity contribution in [1.29, 1.82) is 0 Å². The van der Waals surface area contributed by atoms with Gasteiger partial charge in [0.1, 0.15) is 0 Å². The summed E-state index contributed by atoms with van der Waals surface area (Å²) in [7, 11) is 0. The third-order valence-corrected chi connectivity index (χ3v) is 10.6. The number of rotatable bonds is 3. The summed E-state index contributed by atoms with van der Waals surface area (Å²) in [4.78, 5) is 2.47. The van der Waals surface area contributed by atoms with E-state index in [2.05, 4.69) is 168 Å². The molecule has 0 aliphatic carbocycles. The number of aromatic nitrogens is 1. The summed E-state index contributed by atoms with van der Waals surface area (Å²) in [6, 6.07) is 39.4. The van der Waals surface area contributed by atoms with Crippen molar-refractivity contribution in [2.75, 3.05) is 4.90 Å². The summed E-state index contributed by atoms with van der Waals surface area (Å²) >= 11 is 0. The van der Waals surface area contributed by atoms with E-state index >= 15 is 0 Å². The van der Waals surface area contributed by atoms with Gasteiger partial charge in [-0.1, -0.05) is 114 Å². The molecule has 5 aromatic carbocycles. The van der Waals surface area contributed by atoms with Gasteiger partial charge >= 0.3 is 0 Å². The van der Waals surface area contributed by atoms with Crippen LogP contribution in [0.15, 0.2) is 103 Å². The van der Waals surface area contributed by atoms with E-state index in [1.54, 1.807) is 0 Å². The molecule has 0 atom stereocenters. The zero-order chi connectivity index (χ0) is 32.1. The summed E-state index contributed by atoms with van der Waals surface area (Å²) in [5.74, 6) is 0. The molecule has 0 saturated heterocycles. The highest BCUT2D eigenvalue weighted by molar-refractivity contribution is 6.98. The highest BCUT2D eigenvalue weighted by Gasteiger charge is 2.39. The highest BCUT2D eigenvalue weighted by Crippen LogP contribution is 2.41. The molecule has 3 heteroatoms. The minimum Gasteiger partial charge on any atom is -0.315 e. The molecule has 2 aliphatic heterocycles. The van der Waals surface area contributed by atoms with E-state index in [9.17, 15) is 0 Å². The summed E-state index contributed by atoms with van der Waals surface area (Å²) in [5.41, 5.74) is 19.0. The average molecular weight is 599 g/mol. The van der Waals surface area contributed by atoms with Gasteiger partial charge in [0.2, 0.25) is 6.71 Å². The first-order chi connectivity index (χ1) is 21.9. The Morgan fingerprint density at radius 3 is 1.80 bits per heavy atom. The quantitative estimate of drug-likeness (QED) is 0.184. The number of fused-ring (bicyclic) bond motifs is 4. The van der Waals surface area contributed by atoms with Crippen molar-refractivity contribution < 1.29 is 0 Å². The Morgan fingerprint density at radius 2 is 1.20 bits per heavy atom. The van der Waals surface area contributed by atoms with E-state index in [-0.39, 0.29) is 17.5 Å².